The second kappa shape index (κ2) is 10.5. The quantitative estimate of drug-likeness (QED) is 0.343. The number of rotatable bonds is 7. The van der Waals surface area contributed by atoms with Crippen LogP contribution in [0, 0.1) is 0 Å². The molecule has 4 aromatic rings. The molecule has 1 N–H and O–H groups in total. The number of hydrogen-bond acceptors (Lipinski definition) is 3. The van der Waals surface area contributed by atoms with E-state index in [0.717, 1.165) is 22.0 Å². The summed E-state index contributed by atoms with van der Waals surface area (Å²) >= 11 is 0. The fourth-order valence-corrected chi connectivity index (χ4v) is 3.87. The summed E-state index contributed by atoms with van der Waals surface area (Å²) in [5, 5.41) is 4.95. The number of amides is 2. The molecule has 5 heteroatoms. The number of hydrogen-bond donors (Lipinski definition) is 1. The zero-order valence-corrected chi connectivity index (χ0v) is 19.2. The summed E-state index contributed by atoms with van der Waals surface area (Å²) in [6, 6.07) is 28.4. The van der Waals surface area contributed by atoms with Crippen LogP contribution < -0.4 is 15.0 Å². The number of carbonyl (C=O) groups is 2. The van der Waals surface area contributed by atoms with Crippen LogP contribution in [0.25, 0.3) is 16.8 Å². The molecule has 170 valence electrons. The number of anilines is 2. The Kier molecular flexibility index (Phi) is 7.04. The topological polar surface area (TPSA) is 58.6 Å². The van der Waals surface area contributed by atoms with Crippen LogP contribution >= 0.6 is 0 Å². The van der Waals surface area contributed by atoms with Crippen LogP contribution in [0.1, 0.15) is 22.8 Å². The molecule has 0 saturated carbocycles. The number of benzene rings is 4. The fourth-order valence-electron chi connectivity index (χ4n) is 3.87. The summed E-state index contributed by atoms with van der Waals surface area (Å²) in [7, 11) is 1.59. The highest BCUT2D eigenvalue weighted by molar-refractivity contribution is 6.11. The van der Waals surface area contributed by atoms with E-state index in [1.807, 2.05) is 73.7 Å². The Morgan fingerprint density at radius 1 is 0.882 bits per heavy atom. The Balaban J connectivity index is 1.47. The van der Waals surface area contributed by atoms with Crippen LogP contribution in [0.5, 0.6) is 5.75 Å². The van der Waals surface area contributed by atoms with Gasteiger partial charge in [-0.05, 0) is 54.8 Å². The molecule has 0 aliphatic heterocycles. The van der Waals surface area contributed by atoms with Crippen LogP contribution in [-0.2, 0) is 4.79 Å². The first-order valence-corrected chi connectivity index (χ1v) is 11.1. The normalized spacial score (nSPS) is 10.9. The van der Waals surface area contributed by atoms with Crippen molar-refractivity contribution in [3.8, 4) is 5.75 Å². The number of nitrogens with zero attached hydrogens (tertiary/aromatic N) is 1. The molecule has 0 fully saturated rings. The number of methoxy groups -OCH3 is 1. The molecule has 5 nitrogen and oxygen atoms in total. The molecular weight excluding hydrogens is 424 g/mol. The Labute approximate surface area is 199 Å². The van der Waals surface area contributed by atoms with Crippen molar-refractivity contribution in [1.82, 2.24) is 0 Å². The lowest BCUT2D eigenvalue weighted by atomic mass is 10.1. The van der Waals surface area contributed by atoms with Gasteiger partial charge in [-0.15, -0.1) is 0 Å². The van der Waals surface area contributed by atoms with Crippen LogP contribution in [0.4, 0.5) is 11.4 Å². The fraction of sp³-hybridized carbons (Fsp3) is 0.103. The molecule has 2 amide bonds. The van der Waals surface area contributed by atoms with E-state index >= 15 is 0 Å². The van der Waals surface area contributed by atoms with E-state index < -0.39 is 0 Å². The van der Waals surface area contributed by atoms with E-state index in [9.17, 15) is 9.59 Å². The van der Waals surface area contributed by atoms with Crippen molar-refractivity contribution < 1.29 is 14.3 Å². The molecule has 0 spiro atoms. The number of carbonyl (C=O) groups excluding carboxylic acids is 2. The van der Waals surface area contributed by atoms with Crippen LogP contribution in [0.15, 0.2) is 97.1 Å². The van der Waals surface area contributed by atoms with Crippen LogP contribution in [0.2, 0.25) is 0 Å². The lowest BCUT2D eigenvalue weighted by Crippen LogP contribution is -2.30. The number of ether oxygens (including phenoxy) is 1. The second-order valence-corrected chi connectivity index (χ2v) is 7.69. The molecule has 34 heavy (non-hydrogen) atoms. The summed E-state index contributed by atoms with van der Waals surface area (Å²) in [5.41, 5.74) is 2.86. The lowest BCUT2D eigenvalue weighted by molar-refractivity contribution is -0.111. The largest absolute Gasteiger partial charge is 0.496 e. The smallest absolute Gasteiger partial charge is 0.258 e. The summed E-state index contributed by atoms with van der Waals surface area (Å²) < 4.78 is 5.30. The first kappa shape index (κ1) is 22.8. The van der Waals surface area contributed by atoms with Crippen molar-refractivity contribution in [2.24, 2.45) is 0 Å². The predicted octanol–water partition coefficient (Wildman–Crippen LogP) is 6.17. The zero-order valence-electron chi connectivity index (χ0n) is 19.2. The van der Waals surface area contributed by atoms with Crippen LogP contribution in [0.3, 0.4) is 0 Å². The van der Waals surface area contributed by atoms with E-state index in [4.69, 9.17) is 4.74 Å². The standard InChI is InChI=1S/C29H26N2O3/c1-3-31(26-13-8-11-21-9-4-6-12-25(21)26)29(33)23-15-18-24(19-16-23)30-28(32)20-17-22-10-5-7-14-27(22)34-2/h4-20H,3H2,1-2H3,(H,30,32)/b20-17+. The van der Waals surface area contributed by atoms with Gasteiger partial charge in [0.15, 0.2) is 0 Å². The number of fused-ring (bicyclic) bond motifs is 1. The van der Waals surface area contributed by atoms with Gasteiger partial charge in [-0.1, -0.05) is 54.6 Å². The molecule has 0 aliphatic carbocycles. The molecule has 4 rings (SSSR count). The lowest BCUT2D eigenvalue weighted by Gasteiger charge is -2.23. The van der Waals surface area contributed by atoms with Gasteiger partial charge < -0.3 is 15.0 Å². The number of para-hydroxylation sites is 1. The van der Waals surface area contributed by atoms with Gasteiger partial charge in [0, 0.05) is 34.8 Å². The summed E-state index contributed by atoms with van der Waals surface area (Å²) in [6.45, 7) is 2.50. The summed E-state index contributed by atoms with van der Waals surface area (Å²) in [4.78, 5) is 27.4. The van der Waals surface area contributed by atoms with E-state index in [2.05, 4.69) is 5.32 Å². The van der Waals surface area contributed by atoms with Gasteiger partial charge in [0.25, 0.3) is 5.91 Å². The first-order valence-electron chi connectivity index (χ1n) is 11.1. The summed E-state index contributed by atoms with van der Waals surface area (Å²) in [5.74, 6) is 0.338. The van der Waals surface area contributed by atoms with E-state index in [-0.39, 0.29) is 11.8 Å². The van der Waals surface area contributed by atoms with Gasteiger partial charge in [-0.2, -0.15) is 0 Å². The minimum Gasteiger partial charge on any atom is -0.496 e. The molecule has 0 aliphatic rings. The van der Waals surface area contributed by atoms with Gasteiger partial charge in [0.1, 0.15) is 5.75 Å². The van der Waals surface area contributed by atoms with Gasteiger partial charge in [0.05, 0.1) is 12.8 Å². The molecule has 4 aromatic carbocycles. The molecule has 0 unspecified atom stereocenters. The Hall–Kier alpha value is -4.38. The third-order valence-corrected chi connectivity index (χ3v) is 5.57. The monoisotopic (exact) mass is 450 g/mol. The average Bonchev–Trinajstić information content (AvgIpc) is 2.88. The minimum atomic E-state index is -0.268. The molecule has 0 aromatic heterocycles. The van der Waals surface area contributed by atoms with E-state index in [1.165, 1.54) is 6.08 Å². The van der Waals surface area contributed by atoms with Crippen molar-refractivity contribution in [3.05, 3.63) is 108 Å². The van der Waals surface area contributed by atoms with Crippen molar-refractivity contribution in [1.29, 1.82) is 0 Å². The first-order chi connectivity index (χ1) is 16.6. The van der Waals surface area contributed by atoms with Gasteiger partial charge in [0.2, 0.25) is 5.91 Å². The maximum absolute atomic E-state index is 13.3. The highest BCUT2D eigenvalue weighted by Gasteiger charge is 2.18. The predicted molar refractivity (Wildman–Crippen MR) is 138 cm³/mol. The van der Waals surface area contributed by atoms with Crippen molar-refractivity contribution in [2.75, 3.05) is 23.9 Å². The Bertz CT molecular complexity index is 1340. The zero-order chi connectivity index (χ0) is 23.9. The molecular formula is C29H26N2O3. The Morgan fingerprint density at radius 2 is 1.59 bits per heavy atom. The molecule has 0 atom stereocenters. The molecule has 0 saturated heterocycles. The van der Waals surface area contributed by atoms with Crippen LogP contribution in [-0.4, -0.2) is 25.5 Å². The average molecular weight is 451 g/mol. The second-order valence-electron chi connectivity index (χ2n) is 7.69. The molecule has 0 heterocycles. The maximum atomic E-state index is 13.3. The molecule has 0 radical (unpaired) electrons. The highest BCUT2D eigenvalue weighted by Crippen LogP contribution is 2.28. The number of nitrogens with one attached hydrogen (secondary N) is 1. The van der Waals surface area contributed by atoms with Gasteiger partial charge >= 0.3 is 0 Å². The minimum absolute atomic E-state index is 0.0900. The molecule has 0 bridgehead atoms. The summed E-state index contributed by atoms with van der Waals surface area (Å²) in [6.07, 6.45) is 3.16. The van der Waals surface area contributed by atoms with E-state index in [1.54, 1.807) is 42.4 Å². The third kappa shape index (κ3) is 4.99. The van der Waals surface area contributed by atoms with Crippen molar-refractivity contribution in [2.45, 2.75) is 6.92 Å². The SMILES string of the molecule is CCN(C(=O)c1ccc(NC(=O)/C=C/c2ccccc2OC)cc1)c1cccc2ccccc12. The highest BCUT2D eigenvalue weighted by atomic mass is 16.5. The maximum Gasteiger partial charge on any atom is 0.258 e. The van der Waals surface area contributed by atoms with Gasteiger partial charge in [-0.3, -0.25) is 9.59 Å². The third-order valence-electron chi connectivity index (χ3n) is 5.57. The Morgan fingerprint density at radius 3 is 2.35 bits per heavy atom. The van der Waals surface area contributed by atoms with E-state index in [0.29, 0.717) is 23.5 Å². The van der Waals surface area contributed by atoms with Crippen molar-refractivity contribution >= 4 is 40.0 Å². The van der Waals surface area contributed by atoms with Crippen molar-refractivity contribution in [3.63, 3.8) is 0 Å². The van der Waals surface area contributed by atoms with Gasteiger partial charge in [-0.25, -0.2) is 0 Å².